The minimum atomic E-state index is -1.29. The highest BCUT2D eigenvalue weighted by atomic mass is 16.6. The minimum absolute atomic E-state index is 0.0703. The number of aliphatic hydroxyl groups is 1. The molecule has 174 valence electrons. The van der Waals surface area contributed by atoms with Gasteiger partial charge in [-0.05, 0) is 71.7 Å². The molecule has 0 saturated carbocycles. The Morgan fingerprint density at radius 3 is 2.23 bits per heavy atom. The first-order valence-electron chi connectivity index (χ1n) is 10.3. The molecule has 1 aromatic carbocycles. The number of aryl methyl sites for hydroxylation is 1. The second-order valence-electron chi connectivity index (χ2n) is 8.62. The molecule has 0 saturated heterocycles. The second-order valence-corrected chi connectivity index (χ2v) is 8.62. The van der Waals surface area contributed by atoms with Crippen molar-refractivity contribution in [1.29, 1.82) is 0 Å². The van der Waals surface area contributed by atoms with Gasteiger partial charge in [0.25, 0.3) is 0 Å². The molecule has 9 heteroatoms. The second kappa shape index (κ2) is 11.0. The molecule has 0 radical (unpaired) electrons. The lowest BCUT2D eigenvalue weighted by molar-refractivity contribution is -0.143. The fourth-order valence-corrected chi connectivity index (χ4v) is 2.99. The van der Waals surface area contributed by atoms with Crippen LogP contribution >= 0.6 is 0 Å². The molecule has 2 unspecified atom stereocenters. The Bertz CT molecular complexity index is 788. The number of hydrogen-bond donors (Lipinski definition) is 4. The van der Waals surface area contributed by atoms with Crippen LogP contribution in [-0.4, -0.2) is 63.9 Å². The Balaban J connectivity index is 3.28. The summed E-state index contributed by atoms with van der Waals surface area (Å²) >= 11 is 0. The van der Waals surface area contributed by atoms with Gasteiger partial charge in [0.2, 0.25) is 11.8 Å². The lowest BCUT2D eigenvalue weighted by Gasteiger charge is -2.33. The van der Waals surface area contributed by atoms with Crippen molar-refractivity contribution in [1.82, 2.24) is 15.5 Å². The summed E-state index contributed by atoms with van der Waals surface area (Å²) in [4.78, 5) is 39.7. The average Bonchev–Trinajstić information content (AvgIpc) is 2.63. The number of likely N-dealkylation sites (N-methyl/N-ethyl adjacent to an activating group) is 1. The summed E-state index contributed by atoms with van der Waals surface area (Å²) in [5.41, 5.74) is 0.271. The number of benzene rings is 1. The van der Waals surface area contributed by atoms with Crippen molar-refractivity contribution in [3.05, 3.63) is 29.3 Å². The first-order chi connectivity index (χ1) is 14.3. The Labute approximate surface area is 183 Å². The van der Waals surface area contributed by atoms with Gasteiger partial charge in [0, 0.05) is 12.6 Å². The van der Waals surface area contributed by atoms with E-state index in [0.29, 0.717) is 11.1 Å². The number of carbonyl (C=O) groups excluding carboxylic acids is 3. The summed E-state index contributed by atoms with van der Waals surface area (Å²) in [5.74, 6) is -0.976. The summed E-state index contributed by atoms with van der Waals surface area (Å²) < 4.78 is 5.17. The van der Waals surface area contributed by atoms with E-state index in [1.54, 1.807) is 60.6 Å². The predicted molar refractivity (Wildman–Crippen MR) is 116 cm³/mol. The van der Waals surface area contributed by atoms with Gasteiger partial charge in [-0.25, -0.2) is 4.79 Å². The third-order valence-corrected chi connectivity index (χ3v) is 4.32. The number of aliphatic hydroxyl groups excluding tert-OH is 1. The number of rotatable bonds is 8. The number of phenols is 1. The van der Waals surface area contributed by atoms with Crippen molar-refractivity contribution < 1.29 is 29.3 Å². The first-order valence-corrected chi connectivity index (χ1v) is 10.3. The van der Waals surface area contributed by atoms with Crippen LogP contribution < -0.4 is 10.6 Å². The van der Waals surface area contributed by atoms with Gasteiger partial charge in [0.15, 0.2) is 0 Å². The highest BCUT2D eigenvalue weighted by Gasteiger charge is 2.35. The molecule has 2 atom stereocenters. The molecule has 0 aromatic heterocycles. The summed E-state index contributed by atoms with van der Waals surface area (Å²) in [6, 6.07) is 2.18. The Kier molecular flexibility index (Phi) is 9.30. The number of ether oxygens (including phenoxy) is 1. The number of nitrogens with zero attached hydrogens (tertiary/aromatic N) is 1. The number of alkyl carbamates (subject to hydrolysis) is 1. The molecule has 3 amide bonds. The smallest absolute Gasteiger partial charge is 0.408 e. The first kappa shape index (κ1) is 26.2. The zero-order valence-electron chi connectivity index (χ0n) is 19.4. The van der Waals surface area contributed by atoms with Gasteiger partial charge < -0.3 is 30.5 Å². The third-order valence-electron chi connectivity index (χ3n) is 4.32. The lowest BCUT2D eigenvalue weighted by Crippen LogP contribution is -2.54. The fourth-order valence-electron chi connectivity index (χ4n) is 2.99. The average molecular weight is 438 g/mol. The summed E-state index contributed by atoms with van der Waals surface area (Å²) in [7, 11) is 0. The van der Waals surface area contributed by atoms with E-state index in [1.165, 1.54) is 11.0 Å². The van der Waals surface area contributed by atoms with E-state index >= 15 is 0 Å². The molecule has 1 rings (SSSR count). The monoisotopic (exact) mass is 437 g/mol. The van der Waals surface area contributed by atoms with Crippen LogP contribution in [0.1, 0.15) is 58.7 Å². The maximum atomic E-state index is 13.2. The van der Waals surface area contributed by atoms with Crippen molar-refractivity contribution in [3.63, 3.8) is 0 Å². The van der Waals surface area contributed by atoms with Gasteiger partial charge in [0.05, 0.1) is 6.61 Å². The summed E-state index contributed by atoms with van der Waals surface area (Å²) in [6.45, 7) is 11.5. The predicted octanol–water partition coefficient (Wildman–Crippen LogP) is 2.00. The number of aromatic hydroxyl groups is 1. The van der Waals surface area contributed by atoms with Crippen molar-refractivity contribution >= 4 is 17.9 Å². The molecular formula is C22H35N3O6. The van der Waals surface area contributed by atoms with Crippen molar-refractivity contribution in [2.24, 2.45) is 0 Å². The molecule has 0 heterocycles. The molecule has 0 aliphatic carbocycles. The quantitative estimate of drug-likeness (QED) is 0.492. The van der Waals surface area contributed by atoms with E-state index in [9.17, 15) is 24.6 Å². The molecule has 9 nitrogen and oxygen atoms in total. The molecule has 4 N–H and O–H groups in total. The zero-order chi connectivity index (χ0) is 23.9. The number of carbonyl (C=O) groups is 3. The zero-order valence-corrected chi connectivity index (χ0v) is 19.4. The Morgan fingerprint density at radius 2 is 1.77 bits per heavy atom. The van der Waals surface area contributed by atoms with Crippen molar-refractivity contribution in [2.45, 2.75) is 72.2 Å². The number of phenolic OH excluding ortho intramolecular Hbond substituents is 1. The molecule has 0 aliphatic rings. The van der Waals surface area contributed by atoms with E-state index in [-0.39, 0.29) is 18.3 Å². The van der Waals surface area contributed by atoms with Gasteiger partial charge in [-0.15, -0.1) is 0 Å². The van der Waals surface area contributed by atoms with Crippen LogP contribution in [0.25, 0.3) is 0 Å². The van der Waals surface area contributed by atoms with Crippen LogP contribution in [0, 0.1) is 6.92 Å². The van der Waals surface area contributed by atoms with Crippen LogP contribution in [0.2, 0.25) is 0 Å². The minimum Gasteiger partial charge on any atom is -0.508 e. The summed E-state index contributed by atoms with van der Waals surface area (Å²) in [6.07, 6.45) is -0.848. The molecular weight excluding hydrogens is 402 g/mol. The van der Waals surface area contributed by atoms with Crippen LogP contribution in [0.15, 0.2) is 18.2 Å². The van der Waals surface area contributed by atoms with Crippen LogP contribution in [0.5, 0.6) is 5.75 Å². The molecule has 0 spiro atoms. The van der Waals surface area contributed by atoms with E-state index in [4.69, 9.17) is 4.74 Å². The van der Waals surface area contributed by atoms with Crippen LogP contribution in [-0.2, 0) is 14.3 Å². The van der Waals surface area contributed by atoms with Crippen LogP contribution in [0.4, 0.5) is 4.79 Å². The third kappa shape index (κ3) is 7.75. The van der Waals surface area contributed by atoms with E-state index in [0.717, 1.165) is 0 Å². The molecule has 0 aliphatic heterocycles. The maximum Gasteiger partial charge on any atom is 0.408 e. The number of hydrogen-bond acceptors (Lipinski definition) is 6. The highest BCUT2D eigenvalue weighted by Crippen LogP contribution is 2.27. The normalized spacial score (nSPS) is 13.3. The lowest BCUT2D eigenvalue weighted by atomic mass is 10.00. The molecule has 0 bridgehead atoms. The Hall–Kier alpha value is -2.81. The van der Waals surface area contributed by atoms with Gasteiger partial charge in [-0.2, -0.15) is 0 Å². The maximum absolute atomic E-state index is 13.2. The van der Waals surface area contributed by atoms with Crippen LogP contribution in [0.3, 0.4) is 0 Å². The van der Waals surface area contributed by atoms with Crippen molar-refractivity contribution in [2.75, 3.05) is 13.2 Å². The van der Waals surface area contributed by atoms with Gasteiger partial charge >= 0.3 is 6.09 Å². The van der Waals surface area contributed by atoms with Gasteiger partial charge in [-0.1, -0.05) is 6.07 Å². The molecule has 0 fully saturated rings. The SMILES string of the molecule is CCN(C(=O)C(CO)NC(=O)OC(C)(C)C)C(C(=O)NC(C)C)c1ccc(O)c(C)c1. The largest absolute Gasteiger partial charge is 0.508 e. The van der Waals surface area contributed by atoms with E-state index in [1.807, 2.05) is 0 Å². The van der Waals surface area contributed by atoms with E-state index in [2.05, 4.69) is 10.6 Å². The molecule has 1 aromatic rings. The number of amides is 3. The van der Waals surface area contributed by atoms with E-state index < -0.39 is 42.2 Å². The highest BCUT2D eigenvalue weighted by molar-refractivity contribution is 5.92. The van der Waals surface area contributed by atoms with Gasteiger partial charge in [0.1, 0.15) is 23.4 Å². The van der Waals surface area contributed by atoms with Crippen molar-refractivity contribution in [3.8, 4) is 5.75 Å². The summed E-state index contributed by atoms with van der Waals surface area (Å²) in [5, 5.41) is 24.8. The van der Waals surface area contributed by atoms with Gasteiger partial charge in [-0.3, -0.25) is 9.59 Å². The fraction of sp³-hybridized carbons (Fsp3) is 0.591. The standard InChI is InChI=1S/C22H35N3O6/c1-8-25(20(29)16(12-26)24-21(30)31-22(5,6)7)18(19(28)23-13(2)3)15-9-10-17(27)14(4)11-15/h9-11,13,16,18,26-27H,8,12H2,1-7H3,(H,23,28)(H,24,30). The number of nitrogens with one attached hydrogen (secondary N) is 2. The Morgan fingerprint density at radius 1 is 1.16 bits per heavy atom. The topological polar surface area (TPSA) is 128 Å². The molecule has 31 heavy (non-hydrogen) atoms.